The molecule has 0 radical (unpaired) electrons. The van der Waals surface area contributed by atoms with E-state index in [1.165, 1.54) is 6.08 Å². The summed E-state index contributed by atoms with van der Waals surface area (Å²) in [5.74, 6) is -0.714. The van der Waals surface area contributed by atoms with Crippen LogP contribution in [0.1, 0.15) is 11.1 Å². The van der Waals surface area contributed by atoms with E-state index in [0.29, 0.717) is 11.1 Å². The lowest BCUT2D eigenvalue weighted by molar-refractivity contribution is -0.139. The molecule has 2 aliphatic rings. The van der Waals surface area contributed by atoms with Crippen molar-refractivity contribution in [3.63, 3.8) is 0 Å². The minimum absolute atomic E-state index is 0.0716. The molecule has 2 heterocycles. The molecule has 0 amide bonds. The summed E-state index contributed by atoms with van der Waals surface area (Å²) in [4.78, 5) is 13.9. The number of nitriles is 1. The van der Waals surface area contributed by atoms with Gasteiger partial charge < -0.3 is 9.64 Å². The van der Waals surface area contributed by atoms with E-state index in [9.17, 15) is 13.2 Å². The summed E-state index contributed by atoms with van der Waals surface area (Å²) in [6.45, 7) is 0.156. The maximum atomic E-state index is 12.3. The van der Waals surface area contributed by atoms with E-state index in [-0.39, 0.29) is 30.3 Å². The summed E-state index contributed by atoms with van der Waals surface area (Å²) >= 11 is 0. The predicted octanol–water partition coefficient (Wildman–Crippen LogP) is 1.10. The summed E-state index contributed by atoms with van der Waals surface area (Å²) in [5.41, 5.74) is 1.08. The topological polar surface area (TPSA) is 99.8 Å². The van der Waals surface area contributed by atoms with Crippen LogP contribution < -0.4 is 0 Å². The average molecular weight is 343 g/mol. The van der Waals surface area contributed by atoms with Gasteiger partial charge in [-0.25, -0.2) is 13.2 Å². The molecule has 0 spiro atoms. The number of allylic oxidation sites excluding steroid dienone is 2. The van der Waals surface area contributed by atoms with Crippen LogP contribution in [-0.2, 0) is 26.2 Å². The van der Waals surface area contributed by atoms with Crippen molar-refractivity contribution in [2.75, 3.05) is 12.3 Å². The molecule has 0 N–H and O–H groups in total. The molecule has 1 aromatic rings. The number of benzene rings is 1. The van der Waals surface area contributed by atoms with E-state index in [0.717, 1.165) is 0 Å². The van der Waals surface area contributed by atoms with Crippen LogP contribution in [0.3, 0.4) is 0 Å². The second-order valence-corrected chi connectivity index (χ2v) is 6.92. The van der Waals surface area contributed by atoms with E-state index in [4.69, 9.17) is 10.00 Å². The Labute approximate surface area is 139 Å². The smallest absolute Gasteiger partial charge is 0.342 e. The van der Waals surface area contributed by atoms with Crippen molar-refractivity contribution in [2.24, 2.45) is 4.40 Å². The maximum Gasteiger partial charge on any atom is 0.342 e. The first-order valence-electron chi connectivity index (χ1n) is 7.13. The average Bonchev–Trinajstić information content (AvgIpc) is 2.58. The number of carbonyl (C=O) groups excluding carboxylic acids is 1. The minimum Gasteiger partial charge on any atom is -0.457 e. The number of hydrogen-bond acceptors (Lipinski definition) is 6. The van der Waals surface area contributed by atoms with Crippen LogP contribution in [0.15, 0.2) is 52.6 Å². The second-order valence-electron chi connectivity index (χ2n) is 5.16. The number of sulfonamides is 1. The van der Waals surface area contributed by atoms with Gasteiger partial charge in [-0.3, -0.25) is 0 Å². The monoisotopic (exact) mass is 343 g/mol. The third-order valence-corrected chi connectivity index (χ3v) is 4.72. The molecule has 8 heteroatoms. The fourth-order valence-corrected chi connectivity index (χ4v) is 3.34. The zero-order valence-corrected chi connectivity index (χ0v) is 13.4. The number of ether oxygens (including phenoxy) is 1. The Balaban J connectivity index is 1.80. The summed E-state index contributed by atoms with van der Waals surface area (Å²) in [6, 6.07) is 8.81. The van der Waals surface area contributed by atoms with E-state index < -0.39 is 16.0 Å². The highest BCUT2D eigenvalue weighted by Gasteiger charge is 2.30. The molecule has 0 saturated heterocycles. The third kappa shape index (κ3) is 3.21. The number of amidine groups is 1. The Kier molecular flexibility index (Phi) is 4.18. The van der Waals surface area contributed by atoms with Crippen LogP contribution in [0.4, 0.5) is 0 Å². The van der Waals surface area contributed by atoms with E-state index in [1.54, 1.807) is 41.4 Å². The van der Waals surface area contributed by atoms with Crippen molar-refractivity contribution >= 4 is 21.8 Å². The number of nitrogens with zero attached hydrogens (tertiary/aromatic N) is 3. The highest BCUT2D eigenvalue weighted by molar-refractivity contribution is 7.90. The first-order chi connectivity index (χ1) is 11.5. The van der Waals surface area contributed by atoms with Gasteiger partial charge in [0.1, 0.15) is 12.2 Å². The van der Waals surface area contributed by atoms with E-state index in [2.05, 4.69) is 4.40 Å². The largest absolute Gasteiger partial charge is 0.457 e. The van der Waals surface area contributed by atoms with Gasteiger partial charge in [0.2, 0.25) is 0 Å². The van der Waals surface area contributed by atoms with Crippen LogP contribution in [0.2, 0.25) is 0 Å². The third-order valence-electron chi connectivity index (χ3n) is 3.57. The summed E-state index contributed by atoms with van der Waals surface area (Å²) in [7, 11) is -3.58. The van der Waals surface area contributed by atoms with Crippen molar-refractivity contribution < 1.29 is 17.9 Å². The molecular weight excluding hydrogens is 330 g/mol. The molecule has 0 unspecified atom stereocenters. The highest BCUT2D eigenvalue weighted by atomic mass is 32.2. The van der Waals surface area contributed by atoms with Crippen molar-refractivity contribution in [2.45, 2.75) is 6.61 Å². The molecular formula is C16H13N3O4S. The standard InChI is InChI=1S/C16H13N3O4S/c17-10-12-4-1-2-5-13(12)11-23-16(20)14-6-3-7-19-8-9-24(21,22)18-15(14)19/h1-7H,8-9,11H2. The fraction of sp³-hybridized carbons (Fsp3) is 0.188. The van der Waals surface area contributed by atoms with Crippen LogP contribution in [0.25, 0.3) is 0 Å². The Morgan fingerprint density at radius 2 is 2.17 bits per heavy atom. The molecule has 0 aromatic heterocycles. The molecule has 1 aromatic carbocycles. The molecule has 0 bridgehead atoms. The molecule has 0 aliphatic carbocycles. The van der Waals surface area contributed by atoms with Gasteiger partial charge in [0, 0.05) is 18.3 Å². The van der Waals surface area contributed by atoms with Gasteiger partial charge in [0.05, 0.1) is 17.4 Å². The first kappa shape index (κ1) is 16.0. The van der Waals surface area contributed by atoms with Gasteiger partial charge >= 0.3 is 5.97 Å². The lowest BCUT2D eigenvalue weighted by Crippen LogP contribution is -2.40. The number of rotatable bonds is 3. The lowest BCUT2D eigenvalue weighted by Gasteiger charge is -2.28. The van der Waals surface area contributed by atoms with Crippen molar-refractivity contribution in [3.8, 4) is 6.07 Å². The number of fused-ring (bicyclic) bond motifs is 1. The quantitative estimate of drug-likeness (QED) is 0.762. The maximum absolute atomic E-state index is 12.3. The van der Waals surface area contributed by atoms with Crippen molar-refractivity contribution in [1.82, 2.24) is 4.90 Å². The zero-order valence-electron chi connectivity index (χ0n) is 12.5. The SMILES string of the molecule is N#Cc1ccccc1COC(=O)C1=CC=CN2CCS(=O)(=O)N=C12. The van der Waals surface area contributed by atoms with E-state index in [1.807, 2.05) is 6.07 Å². The molecule has 0 fully saturated rings. The summed E-state index contributed by atoms with van der Waals surface area (Å²) < 4.78 is 32.3. The number of hydrogen-bond donors (Lipinski definition) is 0. The van der Waals surface area contributed by atoms with Crippen LogP contribution in [0, 0.1) is 11.3 Å². The van der Waals surface area contributed by atoms with Gasteiger partial charge in [-0.05, 0) is 18.2 Å². The predicted molar refractivity (Wildman–Crippen MR) is 86.1 cm³/mol. The van der Waals surface area contributed by atoms with Crippen LogP contribution >= 0.6 is 0 Å². The first-order valence-corrected chi connectivity index (χ1v) is 8.74. The van der Waals surface area contributed by atoms with Crippen molar-refractivity contribution in [3.05, 3.63) is 59.3 Å². The summed E-state index contributed by atoms with van der Waals surface area (Å²) in [6.07, 6.45) is 4.76. The molecule has 2 aliphatic heterocycles. The molecule has 24 heavy (non-hydrogen) atoms. The molecule has 7 nitrogen and oxygen atoms in total. The number of esters is 1. The minimum atomic E-state index is -3.58. The molecule has 3 rings (SSSR count). The Morgan fingerprint density at radius 3 is 2.96 bits per heavy atom. The van der Waals surface area contributed by atoms with Gasteiger partial charge in [-0.15, -0.1) is 4.40 Å². The van der Waals surface area contributed by atoms with Crippen molar-refractivity contribution in [1.29, 1.82) is 5.26 Å². The second kappa shape index (κ2) is 6.29. The van der Waals surface area contributed by atoms with Crippen LogP contribution in [-0.4, -0.2) is 37.4 Å². The van der Waals surface area contributed by atoms with Gasteiger partial charge in [0.25, 0.3) is 10.0 Å². The van der Waals surface area contributed by atoms with E-state index >= 15 is 0 Å². The fourth-order valence-electron chi connectivity index (χ4n) is 2.35. The Bertz CT molecular complexity index is 923. The molecule has 122 valence electrons. The summed E-state index contributed by atoms with van der Waals surface area (Å²) in [5, 5.41) is 9.04. The number of carbonyl (C=O) groups is 1. The van der Waals surface area contributed by atoms with Crippen LogP contribution in [0.5, 0.6) is 0 Å². The van der Waals surface area contributed by atoms with Gasteiger partial charge in [-0.1, -0.05) is 18.2 Å². The normalized spacial score (nSPS) is 18.0. The zero-order chi connectivity index (χ0) is 17.2. The lowest BCUT2D eigenvalue weighted by atomic mass is 10.1. The highest BCUT2D eigenvalue weighted by Crippen LogP contribution is 2.19. The molecule has 0 saturated carbocycles. The molecule has 0 atom stereocenters. The van der Waals surface area contributed by atoms with Gasteiger partial charge in [-0.2, -0.15) is 5.26 Å². The van der Waals surface area contributed by atoms with Gasteiger partial charge in [0.15, 0.2) is 5.84 Å². The Morgan fingerprint density at radius 1 is 1.38 bits per heavy atom. The Hall–Kier alpha value is -2.92.